The van der Waals surface area contributed by atoms with E-state index >= 15 is 0 Å². The van der Waals surface area contributed by atoms with E-state index in [9.17, 15) is 9.90 Å². The molecule has 0 unspecified atom stereocenters. The van der Waals surface area contributed by atoms with Crippen LogP contribution in [0, 0.1) is 11.3 Å². The fourth-order valence-electron chi connectivity index (χ4n) is 3.83. The second kappa shape index (κ2) is 3.89. The standard InChI is InChI=1S/C14H20O4/c1-9-3-4-14(17-5-6-18-14)13(2)8-12(16)11(15)7-10(9)13/h7,9,12,16H,3-6,8H2,1-2H3/t9-,12-,13-/m1/s1. The van der Waals surface area contributed by atoms with Gasteiger partial charge in [-0.05, 0) is 24.8 Å². The van der Waals surface area contributed by atoms with Crippen LogP contribution in [-0.4, -0.2) is 36.0 Å². The number of fused-ring (bicyclic) bond motifs is 2. The number of aliphatic hydroxyl groups excluding tert-OH is 1. The third kappa shape index (κ3) is 1.46. The molecule has 0 amide bonds. The molecule has 3 aliphatic rings. The molecular formula is C14H20O4. The van der Waals surface area contributed by atoms with Crippen molar-refractivity contribution in [2.75, 3.05) is 13.2 Å². The molecule has 0 aromatic heterocycles. The van der Waals surface area contributed by atoms with Gasteiger partial charge in [-0.25, -0.2) is 0 Å². The molecule has 0 aromatic rings. The molecule has 2 aliphatic carbocycles. The quantitative estimate of drug-likeness (QED) is 0.708. The summed E-state index contributed by atoms with van der Waals surface area (Å²) in [6.45, 7) is 5.40. The molecule has 0 bridgehead atoms. The molecule has 4 heteroatoms. The normalized spacial score (nSPS) is 42.8. The van der Waals surface area contributed by atoms with E-state index in [1.807, 2.05) is 0 Å². The lowest BCUT2D eigenvalue weighted by Crippen LogP contribution is -2.56. The van der Waals surface area contributed by atoms with Crippen LogP contribution >= 0.6 is 0 Å². The summed E-state index contributed by atoms with van der Waals surface area (Å²) in [4.78, 5) is 11.7. The third-order valence-electron chi connectivity index (χ3n) is 4.90. The maximum Gasteiger partial charge on any atom is 0.184 e. The van der Waals surface area contributed by atoms with E-state index in [1.165, 1.54) is 0 Å². The van der Waals surface area contributed by atoms with Crippen molar-refractivity contribution < 1.29 is 19.4 Å². The lowest BCUT2D eigenvalue weighted by Gasteiger charge is -2.53. The summed E-state index contributed by atoms with van der Waals surface area (Å²) in [5.41, 5.74) is 0.708. The first-order valence-corrected chi connectivity index (χ1v) is 6.70. The van der Waals surface area contributed by atoms with Crippen molar-refractivity contribution in [3.05, 3.63) is 11.6 Å². The Labute approximate surface area is 107 Å². The molecule has 1 N–H and O–H groups in total. The lowest BCUT2D eigenvalue weighted by atomic mass is 9.58. The third-order valence-corrected chi connectivity index (χ3v) is 4.90. The summed E-state index contributed by atoms with van der Waals surface area (Å²) < 4.78 is 11.8. The number of ketones is 1. The van der Waals surface area contributed by atoms with Crippen molar-refractivity contribution in [1.29, 1.82) is 0 Å². The minimum atomic E-state index is -0.922. The van der Waals surface area contributed by atoms with Gasteiger partial charge in [-0.3, -0.25) is 4.79 Å². The van der Waals surface area contributed by atoms with Crippen LogP contribution in [0.5, 0.6) is 0 Å². The van der Waals surface area contributed by atoms with Crippen LogP contribution in [0.2, 0.25) is 0 Å². The van der Waals surface area contributed by atoms with Gasteiger partial charge < -0.3 is 14.6 Å². The summed E-state index contributed by atoms with van der Waals surface area (Å²) >= 11 is 0. The smallest absolute Gasteiger partial charge is 0.184 e. The molecule has 4 nitrogen and oxygen atoms in total. The van der Waals surface area contributed by atoms with Gasteiger partial charge in [0.05, 0.1) is 13.2 Å². The molecule has 0 radical (unpaired) electrons. The second-order valence-electron chi connectivity index (χ2n) is 5.94. The van der Waals surface area contributed by atoms with Gasteiger partial charge in [0.25, 0.3) is 0 Å². The van der Waals surface area contributed by atoms with Crippen LogP contribution in [0.3, 0.4) is 0 Å². The van der Waals surface area contributed by atoms with E-state index in [0.717, 1.165) is 18.4 Å². The highest BCUT2D eigenvalue weighted by Gasteiger charge is 2.60. The SMILES string of the molecule is C[C@@H]1CCC2(OCCO2)[C@]2(C)C[C@@H](O)C(=O)C=C12. The van der Waals surface area contributed by atoms with E-state index in [1.54, 1.807) is 6.08 Å². The van der Waals surface area contributed by atoms with Gasteiger partial charge in [0.1, 0.15) is 6.10 Å². The van der Waals surface area contributed by atoms with Gasteiger partial charge in [-0.15, -0.1) is 0 Å². The van der Waals surface area contributed by atoms with Crippen molar-refractivity contribution in [3.63, 3.8) is 0 Å². The van der Waals surface area contributed by atoms with E-state index in [0.29, 0.717) is 25.6 Å². The molecule has 1 spiro atoms. The van der Waals surface area contributed by atoms with Crippen molar-refractivity contribution in [2.45, 2.75) is 45.0 Å². The van der Waals surface area contributed by atoms with Crippen LogP contribution < -0.4 is 0 Å². The van der Waals surface area contributed by atoms with Crippen LogP contribution in [-0.2, 0) is 14.3 Å². The topological polar surface area (TPSA) is 55.8 Å². The minimum Gasteiger partial charge on any atom is -0.385 e. The molecule has 1 saturated heterocycles. The number of rotatable bonds is 0. The van der Waals surface area contributed by atoms with Crippen LogP contribution in [0.1, 0.15) is 33.1 Å². The van der Waals surface area contributed by atoms with Crippen LogP contribution in [0.4, 0.5) is 0 Å². The number of hydrogen-bond donors (Lipinski definition) is 1. The fourth-order valence-corrected chi connectivity index (χ4v) is 3.83. The van der Waals surface area contributed by atoms with Crippen molar-refractivity contribution in [3.8, 4) is 0 Å². The molecule has 3 rings (SSSR count). The van der Waals surface area contributed by atoms with Gasteiger partial charge in [0.2, 0.25) is 0 Å². The summed E-state index contributed by atoms with van der Waals surface area (Å²) in [5.74, 6) is -0.457. The second-order valence-corrected chi connectivity index (χ2v) is 5.94. The predicted octanol–water partition coefficient (Wildman–Crippen LogP) is 1.43. The van der Waals surface area contributed by atoms with E-state index < -0.39 is 11.9 Å². The molecule has 3 atom stereocenters. The maximum absolute atomic E-state index is 11.7. The summed E-state index contributed by atoms with van der Waals surface area (Å²) in [6, 6.07) is 0. The highest BCUT2D eigenvalue weighted by molar-refractivity contribution is 5.95. The van der Waals surface area contributed by atoms with Crippen molar-refractivity contribution >= 4 is 5.78 Å². The maximum atomic E-state index is 11.7. The largest absolute Gasteiger partial charge is 0.385 e. The van der Waals surface area contributed by atoms with Gasteiger partial charge in [-0.2, -0.15) is 0 Å². The minimum absolute atomic E-state index is 0.177. The zero-order chi connectivity index (χ0) is 13.0. The summed E-state index contributed by atoms with van der Waals surface area (Å²) in [6.07, 6.45) is 2.91. The van der Waals surface area contributed by atoms with Crippen molar-refractivity contribution in [2.24, 2.45) is 11.3 Å². The number of aliphatic hydroxyl groups is 1. The Morgan fingerprint density at radius 2 is 2.06 bits per heavy atom. The zero-order valence-corrected chi connectivity index (χ0v) is 10.9. The highest BCUT2D eigenvalue weighted by Crippen LogP contribution is 2.57. The van der Waals surface area contributed by atoms with Gasteiger partial charge in [-0.1, -0.05) is 19.4 Å². The first kappa shape index (κ1) is 12.3. The average Bonchev–Trinajstić information content (AvgIpc) is 2.79. The Bertz CT molecular complexity index is 408. The molecule has 1 aliphatic heterocycles. The number of ether oxygens (including phenoxy) is 2. The Balaban J connectivity index is 2.08. The Morgan fingerprint density at radius 1 is 1.39 bits per heavy atom. The highest BCUT2D eigenvalue weighted by atomic mass is 16.7. The predicted molar refractivity (Wildman–Crippen MR) is 64.9 cm³/mol. The van der Waals surface area contributed by atoms with E-state index in [-0.39, 0.29) is 11.2 Å². The van der Waals surface area contributed by atoms with Gasteiger partial charge >= 0.3 is 0 Å². The molecule has 1 saturated carbocycles. The van der Waals surface area contributed by atoms with Gasteiger partial charge in [0, 0.05) is 11.8 Å². The molecule has 100 valence electrons. The summed E-state index contributed by atoms with van der Waals surface area (Å²) in [5, 5.41) is 9.91. The van der Waals surface area contributed by atoms with E-state index in [4.69, 9.17) is 9.47 Å². The number of hydrogen-bond acceptors (Lipinski definition) is 4. The molecule has 1 heterocycles. The lowest BCUT2D eigenvalue weighted by molar-refractivity contribution is -0.245. The Morgan fingerprint density at radius 3 is 2.72 bits per heavy atom. The molecule has 18 heavy (non-hydrogen) atoms. The Hall–Kier alpha value is -0.710. The first-order valence-electron chi connectivity index (χ1n) is 6.70. The first-order chi connectivity index (χ1) is 8.48. The van der Waals surface area contributed by atoms with Crippen LogP contribution in [0.25, 0.3) is 0 Å². The molecule has 2 fully saturated rings. The summed E-state index contributed by atoms with van der Waals surface area (Å²) in [7, 11) is 0. The average molecular weight is 252 g/mol. The molecule has 0 aromatic carbocycles. The zero-order valence-electron chi connectivity index (χ0n) is 10.9. The Kier molecular flexibility index (Phi) is 2.66. The monoisotopic (exact) mass is 252 g/mol. The number of carbonyl (C=O) groups excluding carboxylic acids is 1. The fraction of sp³-hybridized carbons (Fsp3) is 0.786. The van der Waals surface area contributed by atoms with Gasteiger partial charge in [0.15, 0.2) is 11.6 Å². The molecular weight excluding hydrogens is 232 g/mol. The number of carbonyl (C=O) groups is 1. The van der Waals surface area contributed by atoms with Crippen molar-refractivity contribution in [1.82, 2.24) is 0 Å². The van der Waals surface area contributed by atoms with Crippen LogP contribution in [0.15, 0.2) is 11.6 Å². The van der Waals surface area contributed by atoms with E-state index in [2.05, 4.69) is 13.8 Å².